The Morgan fingerprint density at radius 1 is 1.06 bits per heavy atom. The molecule has 0 amide bonds. The number of nitrogens with two attached hydrogens (primary N) is 1. The Labute approximate surface area is 188 Å². The lowest BCUT2D eigenvalue weighted by Crippen LogP contribution is -2.35. The minimum absolute atomic E-state index is 0.0738. The highest BCUT2D eigenvalue weighted by Gasteiger charge is 2.29. The molecule has 12 heteroatoms. The van der Waals surface area contributed by atoms with Gasteiger partial charge in [-0.25, -0.2) is 21.6 Å². The van der Waals surface area contributed by atoms with Crippen LogP contribution in [-0.2, 0) is 37.9 Å². The summed E-state index contributed by atoms with van der Waals surface area (Å²) in [5.74, 6) is 0. The van der Waals surface area contributed by atoms with Gasteiger partial charge in [-0.15, -0.1) is 0 Å². The summed E-state index contributed by atoms with van der Waals surface area (Å²) < 4.78 is 61.8. The number of sulfonamides is 2. The third-order valence-corrected chi connectivity index (χ3v) is 9.27. The van der Waals surface area contributed by atoms with Crippen molar-refractivity contribution in [3.63, 3.8) is 0 Å². The van der Waals surface area contributed by atoms with Crippen molar-refractivity contribution < 1.29 is 26.5 Å². The first-order valence-corrected chi connectivity index (χ1v) is 13.5. The number of fused-ring (bicyclic) bond motifs is 1. The second-order valence-corrected chi connectivity index (χ2v) is 11.9. The molecule has 5 N–H and O–H groups in total. The largest absolute Gasteiger partial charge is 0.491 e. The zero-order valence-electron chi connectivity index (χ0n) is 17.5. The maximum absolute atomic E-state index is 13.1. The van der Waals surface area contributed by atoms with Gasteiger partial charge in [0.25, 0.3) is 10.0 Å². The fourth-order valence-corrected chi connectivity index (χ4v) is 6.98. The van der Waals surface area contributed by atoms with Crippen LogP contribution in [-0.4, -0.2) is 34.2 Å². The van der Waals surface area contributed by atoms with E-state index in [2.05, 4.69) is 9.44 Å². The highest BCUT2D eigenvalue weighted by molar-refractivity contribution is 7.92. The van der Waals surface area contributed by atoms with Crippen LogP contribution >= 0.6 is 0 Å². The minimum atomic E-state index is -4.05. The van der Waals surface area contributed by atoms with Crippen molar-refractivity contribution in [1.29, 1.82) is 0 Å². The molecule has 172 valence electrons. The zero-order valence-corrected chi connectivity index (χ0v) is 19.1. The molecule has 9 nitrogen and oxygen atoms in total. The topological polar surface area (TPSA) is 148 Å². The first-order valence-electron chi connectivity index (χ1n) is 10.5. The van der Waals surface area contributed by atoms with Crippen LogP contribution in [0.5, 0.6) is 0 Å². The van der Waals surface area contributed by atoms with Crippen molar-refractivity contribution in [2.45, 2.75) is 55.4 Å². The van der Waals surface area contributed by atoms with Gasteiger partial charge in [0, 0.05) is 17.9 Å². The summed E-state index contributed by atoms with van der Waals surface area (Å²) >= 11 is 0. The van der Waals surface area contributed by atoms with E-state index >= 15 is 0 Å². The van der Waals surface area contributed by atoms with Crippen LogP contribution in [0.3, 0.4) is 0 Å². The fourth-order valence-electron chi connectivity index (χ4n) is 4.16. The Balaban J connectivity index is 1.56. The second kappa shape index (κ2) is 9.03. The smallest absolute Gasteiger partial charge is 0.423 e. The highest BCUT2D eigenvalue weighted by Crippen LogP contribution is 2.26. The molecule has 0 atom stereocenters. The first-order chi connectivity index (χ1) is 15.2. The van der Waals surface area contributed by atoms with Gasteiger partial charge in [0.15, 0.2) is 0 Å². The molecule has 0 radical (unpaired) electrons. The van der Waals surface area contributed by atoms with E-state index in [1.165, 1.54) is 24.3 Å². The summed E-state index contributed by atoms with van der Waals surface area (Å²) in [4.78, 5) is -0.0738. The zero-order chi connectivity index (χ0) is 22.9. The maximum Gasteiger partial charge on any atom is 0.491 e. The summed E-state index contributed by atoms with van der Waals surface area (Å²) in [7, 11) is -8.73. The number of nitrogen functional groups attached to an aromatic ring is 1. The summed E-state index contributed by atoms with van der Waals surface area (Å²) in [5.41, 5.74) is 7.98. The molecule has 0 saturated heterocycles. The molecule has 2 aromatic carbocycles. The number of anilines is 2. The van der Waals surface area contributed by atoms with Crippen molar-refractivity contribution in [3.8, 4) is 0 Å². The number of hydrogen-bond acceptors (Lipinski definition) is 7. The van der Waals surface area contributed by atoms with Gasteiger partial charge in [-0.3, -0.25) is 4.72 Å². The number of benzene rings is 2. The van der Waals surface area contributed by atoms with Crippen LogP contribution < -0.4 is 20.6 Å². The molecule has 0 bridgehead atoms. The molecular formula is C20H26BN3O6S2. The third kappa shape index (κ3) is 4.94. The van der Waals surface area contributed by atoms with Gasteiger partial charge in [-0.2, -0.15) is 0 Å². The van der Waals surface area contributed by atoms with E-state index in [9.17, 15) is 21.9 Å². The van der Waals surface area contributed by atoms with Gasteiger partial charge in [0.1, 0.15) is 0 Å². The Kier molecular flexibility index (Phi) is 6.50. The Morgan fingerprint density at radius 3 is 2.56 bits per heavy atom. The molecule has 1 saturated carbocycles. The quantitative estimate of drug-likeness (QED) is 0.343. The number of hydrogen-bond donors (Lipinski definition) is 4. The summed E-state index contributed by atoms with van der Waals surface area (Å²) in [5, 5.41) is 9.41. The van der Waals surface area contributed by atoms with E-state index in [0.29, 0.717) is 24.0 Å². The molecule has 0 spiro atoms. The van der Waals surface area contributed by atoms with E-state index in [1.54, 1.807) is 12.1 Å². The summed E-state index contributed by atoms with van der Waals surface area (Å²) in [6.45, 7) is 0.0731. The van der Waals surface area contributed by atoms with Gasteiger partial charge in [0.2, 0.25) is 10.0 Å². The molecule has 1 fully saturated rings. The van der Waals surface area contributed by atoms with Crippen molar-refractivity contribution in [2.24, 2.45) is 0 Å². The van der Waals surface area contributed by atoms with Crippen LogP contribution in [0.2, 0.25) is 0 Å². The fraction of sp³-hybridized carbons (Fsp3) is 0.400. The SMILES string of the molecule is Nc1ccc(S(=O)(=O)Nc2ccc3c(c2)B(O)OC3)c(CNS(=O)(=O)C2CCCCC2)c1. The molecule has 1 aliphatic carbocycles. The molecule has 4 rings (SSSR count). The van der Waals surface area contributed by atoms with E-state index in [0.717, 1.165) is 24.8 Å². The van der Waals surface area contributed by atoms with Gasteiger partial charge >= 0.3 is 7.12 Å². The standard InChI is InChI=1S/C20H26BN3O6S2/c22-16-7-9-20(15(10-16)12-23-31(26,27)18-4-2-1-3-5-18)32(28,29)24-17-8-6-14-13-30-21(25)19(14)11-17/h6-11,18,23-25H,1-5,12-13,22H2. The molecule has 1 aliphatic heterocycles. The van der Waals surface area contributed by atoms with Crippen LogP contribution in [0, 0.1) is 0 Å². The van der Waals surface area contributed by atoms with Crippen LogP contribution in [0.4, 0.5) is 11.4 Å². The van der Waals surface area contributed by atoms with E-state index in [-0.39, 0.29) is 29.3 Å². The Morgan fingerprint density at radius 2 is 1.81 bits per heavy atom. The van der Waals surface area contributed by atoms with Gasteiger partial charge in [-0.1, -0.05) is 25.3 Å². The lowest BCUT2D eigenvalue weighted by Gasteiger charge is -2.22. The lowest BCUT2D eigenvalue weighted by molar-refractivity contribution is 0.275. The minimum Gasteiger partial charge on any atom is -0.423 e. The van der Waals surface area contributed by atoms with Crippen LogP contribution in [0.15, 0.2) is 41.3 Å². The van der Waals surface area contributed by atoms with Gasteiger partial charge in [0.05, 0.1) is 16.8 Å². The van der Waals surface area contributed by atoms with Crippen molar-refractivity contribution in [2.75, 3.05) is 10.5 Å². The molecule has 2 aliphatic rings. The van der Waals surface area contributed by atoms with Crippen LogP contribution in [0.1, 0.15) is 43.2 Å². The number of rotatable bonds is 7. The van der Waals surface area contributed by atoms with E-state index < -0.39 is 32.4 Å². The molecule has 2 aromatic rings. The van der Waals surface area contributed by atoms with Crippen LogP contribution in [0.25, 0.3) is 0 Å². The van der Waals surface area contributed by atoms with Gasteiger partial charge < -0.3 is 15.4 Å². The molecule has 32 heavy (non-hydrogen) atoms. The van der Waals surface area contributed by atoms with Crippen molar-refractivity contribution in [1.82, 2.24) is 4.72 Å². The third-order valence-electron chi connectivity index (χ3n) is 5.89. The van der Waals surface area contributed by atoms with E-state index in [4.69, 9.17) is 10.4 Å². The highest BCUT2D eigenvalue weighted by atomic mass is 32.2. The molecular weight excluding hydrogens is 453 g/mol. The van der Waals surface area contributed by atoms with Crippen molar-refractivity contribution in [3.05, 3.63) is 47.5 Å². The normalized spacial score (nSPS) is 17.3. The second-order valence-electron chi connectivity index (χ2n) is 8.18. The van der Waals surface area contributed by atoms with Crippen molar-refractivity contribution >= 4 is 44.0 Å². The molecule has 0 aromatic heterocycles. The number of nitrogens with one attached hydrogen (secondary N) is 2. The predicted molar refractivity (Wildman–Crippen MR) is 123 cm³/mol. The van der Waals surface area contributed by atoms with E-state index in [1.807, 2.05) is 0 Å². The summed E-state index contributed by atoms with van der Waals surface area (Å²) in [6.07, 6.45) is 3.97. The Hall–Kier alpha value is -2.12. The van der Waals surface area contributed by atoms with Gasteiger partial charge in [-0.05, 0) is 59.8 Å². The first kappa shape index (κ1) is 23.1. The molecule has 1 heterocycles. The molecule has 0 unspecified atom stereocenters. The monoisotopic (exact) mass is 479 g/mol. The Bertz CT molecular complexity index is 1210. The maximum atomic E-state index is 13.1. The lowest BCUT2D eigenvalue weighted by atomic mass is 9.79. The average molecular weight is 479 g/mol. The summed E-state index contributed by atoms with van der Waals surface area (Å²) in [6, 6.07) is 9.05. The predicted octanol–water partition coefficient (Wildman–Crippen LogP) is 1.04. The average Bonchev–Trinajstić information content (AvgIpc) is 3.13.